The van der Waals surface area contributed by atoms with E-state index in [0.717, 1.165) is 6.42 Å². The van der Waals surface area contributed by atoms with Crippen LogP contribution in [0.3, 0.4) is 0 Å². The second kappa shape index (κ2) is 4.35. The van der Waals surface area contributed by atoms with E-state index in [2.05, 4.69) is 25.1 Å². The Morgan fingerprint density at radius 2 is 2.29 bits per heavy atom. The van der Waals surface area contributed by atoms with Crippen molar-refractivity contribution in [2.24, 2.45) is 0 Å². The van der Waals surface area contributed by atoms with Gasteiger partial charge in [-0.15, -0.1) is 11.6 Å². The van der Waals surface area contributed by atoms with Gasteiger partial charge in [0.05, 0.1) is 5.38 Å². The van der Waals surface area contributed by atoms with Crippen molar-refractivity contribution >= 4 is 11.6 Å². The van der Waals surface area contributed by atoms with Crippen LogP contribution < -0.4 is 0 Å². The van der Waals surface area contributed by atoms with Crippen LogP contribution in [0, 0.1) is 0 Å². The highest BCUT2D eigenvalue weighted by molar-refractivity contribution is 6.21. The van der Waals surface area contributed by atoms with E-state index >= 15 is 0 Å². The van der Waals surface area contributed by atoms with E-state index in [1.165, 1.54) is 42.4 Å². The second-order valence-corrected chi connectivity index (χ2v) is 4.67. The lowest BCUT2D eigenvalue weighted by Crippen LogP contribution is -2.05. The average Bonchev–Trinajstić information content (AvgIpc) is 2.20. The number of fused-ring (bicyclic) bond motifs is 1. The monoisotopic (exact) mass is 208 g/mol. The predicted octanol–water partition coefficient (Wildman–Crippen LogP) is 4.26. The van der Waals surface area contributed by atoms with Crippen LogP contribution >= 0.6 is 11.6 Å². The largest absolute Gasteiger partial charge is 0.118 e. The molecule has 1 aromatic carbocycles. The van der Waals surface area contributed by atoms with Crippen LogP contribution in [0.15, 0.2) is 18.2 Å². The third kappa shape index (κ3) is 1.95. The van der Waals surface area contributed by atoms with Gasteiger partial charge < -0.3 is 0 Å². The van der Waals surface area contributed by atoms with Gasteiger partial charge in [0.15, 0.2) is 0 Å². The van der Waals surface area contributed by atoms with Gasteiger partial charge in [0.25, 0.3) is 0 Å². The molecule has 0 N–H and O–H groups in total. The van der Waals surface area contributed by atoms with Gasteiger partial charge in [-0.05, 0) is 42.4 Å². The van der Waals surface area contributed by atoms with Gasteiger partial charge in [0.1, 0.15) is 0 Å². The number of hydrogen-bond acceptors (Lipinski definition) is 0. The molecule has 0 radical (unpaired) electrons. The van der Waals surface area contributed by atoms with Crippen LogP contribution in [-0.2, 0) is 12.8 Å². The minimum atomic E-state index is 0.260. The summed E-state index contributed by atoms with van der Waals surface area (Å²) in [5, 5.41) is 0.260. The smallest absolute Gasteiger partial charge is 0.0588 e. The zero-order valence-electron chi connectivity index (χ0n) is 8.72. The maximum Gasteiger partial charge on any atom is 0.0588 e. The van der Waals surface area contributed by atoms with E-state index in [9.17, 15) is 0 Å². The van der Waals surface area contributed by atoms with Crippen molar-refractivity contribution in [1.29, 1.82) is 0 Å². The molecule has 14 heavy (non-hydrogen) atoms. The van der Waals surface area contributed by atoms with Gasteiger partial charge in [-0.1, -0.05) is 31.5 Å². The molecule has 1 unspecified atom stereocenters. The van der Waals surface area contributed by atoms with Crippen molar-refractivity contribution in [2.45, 2.75) is 44.4 Å². The molecule has 0 aromatic heterocycles. The summed E-state index contributed by atoms with van der Waals surface area (Å²) in [6.07, 6.45) is 5.99. The van der Waals surface area contributed by atoms with Crippen LogP contribution in [-0.4, -0.2) is 0 Å². The first kappa shape index (κ1) is 10.0. The van der Waals surface area contributed by atoms with Crippen molar-refractivity contribution in [2.75, 3.05) is 0 Å². The fraction of sp³-hybridized carbons (Fsp3) is 0.538. The Bertz CT molecular complexity index is 317. The van der Waals surface area contributed by atoms with Crippen LogP contribution in [0.4, 0.5) is 0 Å². The molecule has 1 atom stereocenters. The molecule has 0 nitrogen and oxygen atoms in total. The molecule has 1 aromatic rings. The van der Waals surface area contributed by atoms with Gasteiger partial charge >= 0.3 is 0 Å². The number of hydrogen-bond donors (Lipinski definition) is 0. The number of halogens is 1. The molecule has 76 valence electrons. The molecular weight excluding hydrogens is 192 g/mol. The fourth-order valence-electron chi connectivity index (χ4n) is 2.24. The van der Waals surface area contributed by atoms with Crippen molar-refractivity contribution < 1.29 is 0 Å². The van der Waals surface area contributed by atoms with E-state index in [1.54, 1.807) is 0 Å². The Morgan fingerprint density at radius 1 is 1.43 bits per heavy atom. The molecule has 0 bridgehead atoms. The number of aryl methyl sites for hydroxylation is 2. The SMILES string of the molecule is CCCc1ccc2c(c1)C(Cl)CCC2. The third-order valence-corrected chi connectivity index (χ3v) is 3.44. The molecule has 0 heterocycles. The maximum absolute atomic E-state index is 6.32. The van der Waals surface area contributed by atoms with Gasteiger partial charge in [0.2, 0.25) is 0 Å². The van der Waals surface area contributed by atoms with Crippen LogP contribution in [0.5, 0.6) is 0 Å². The highest BCUT2D eigenvalue weighted by atomic mass is 35.5. The van der Waals surface area contributed by atoms with E-state index in [-0.39, 0.29) is 5.38 Å². The number of rotatable bonds is 2. The van der Waals surface area contributed by atoms with E-state index in [1.807, 2.05) is 0 Å². The molecule has 1 aliphatic rings. The lowest BCUT2D eigenvalue weighted by molar-refractivity contribution is 0.666. The summed E-state index contributed by atoms with van der Waals surface area (Å²) >= 11 is 6.32. The van der Waals surface area contributed by atoms with Crippen molar-refractivity contribution in [3.8, 4) is 0 Å². The molecular formula is C13H17Cl. The molecule has 1 heteroatoms. The van der Waals surface area contributed by atoms with Gasteiger partial charge in [-0.25, -0.2) is 0 Å². The Hall–Kier alpha value is -0.490. The van der Waals surface area contributed by atoms with Crippen molar-refractivity contribution in [3.63, 3.8) is 0 Å². The quantitative estimate of drug-likeness (QED) is 0.638. The second-order valence-electron chi connectivity index (χ2n) is 4.14. The minimum Gasteiger partial charge on any atom is -0.118 e. The van der Waals surface area contributed by atoms with Crippen LogP contribution in [0.2, 0.25) is 0 Å². The van der Waals surface area contributed by atoms with Gasteiger partial charge in [-0.2, -0.15) is 0 Å². The van der Waals surface area contributed by atoms with E-state index < -0.39 is 0 Å². The first-order valence-electron chi connectivity index (χ1n) is 5.57. The lowest BCUT2D eigenvalue weighted by Gasteiger charge is -2.21. The summed E-state index contributed by atoms with van der Waals surface area (Å²) in [5.74, 6) is 0. The van der Waals surface area contributed by atoms with Crippen LogP contribution in [0.25, 0.3) is 0 Å². The molecule has 0 saturated carbocycles. The average molecular weight is 209 g/mol. The Labute approximate surface area is 91.3 Å². The Kier molecular flexibility index (Phi) is 3.12. The first-order valence-corrected chi connectivity index (χ1v) is 6.00. The van der Waals surface area contributed by atoms with Crippen molar-refractivity contribution in [3.05, 3.63) is 34.9 Å². The first-order chi connectivity index (χ1) is 6.81. The highest BCUT2D eigenvalue weighted by Gasteiger charge is 2.17. The summed E-state index contributed by atoms with van der Waals surface area (Å²) in [6.45, 7) is 2.22. The Morgan fingerprint density at radius 3 is 3.07 bits per heavy atom. The summed E-state index contributed by atoms with van der Waals surface area (Å²) in [4.78, 5) is 0. The molecule has 0 amide bonds. The van der Waals surface area contributed by atoms with Gasteiger partial charge in [0, 0.05) is 0 Å². The predicted molar refractivity (Wildman–Crippen MR) is 62.0 cm³/mol. The summed E-state index contributed by atoms with van der Waals surface area (Å²) in [7, 11) is 0. The van der Waals surface area contributed by atoms with E-state index in [4.69, 9.17) is 11.6 Å². The van der Waals surface area contributed by atoms with Gasteiger partial charge in [-0.3, -0.25) is 0 Å². The normalized spacial score (nSPS) is 20.6. The summed E-state index contributed by atoms with van der Waals surface area (Å²) in [5.41, 5.74) is 4.30. The zero-order chi connectivity index (χ0) is 9.97. The molecule has 1 aliphatic carbocycles. The van der Waals surface area contributed by atoms with E-state index in [0.29, 0.717) is 0 Å². The zero-order valence-corrected chi connectivity index (χ0v) is 9.48. The molecule has 0 spiro atoms. The molecule has 2 rings (SSSR count). The minimum absolute atomic E-state index is 0.260. The standard InChI is InChI=1S/C13H17Cl/c1-2-4-10-7-8-11-5-3-6-13(14)12(11)9-10/h7-9,13H,2-6H2,1H3. The number of benzene rings is 1. The Balaban J connectivity index is 2.31. The van der Waals surface area contributed by atoms with Crippen LogP contribution in [0.1, 0.15) is 48.3 Å². The lowest BCUT2D eigenvalue weighted by atomic mass is 9.89. The summed E-state index contributed by atoms with van der Waals surface area (Å²) < 4.78 is 0. The number of alkyl halides is 1. The van der Waals surface area contributed by atoms with Crippen molar-refractivity contribution in [1.82, 2.24) is 0 Å². The highest BCUT2D eigenvalue weighted by Crippen LogP contribution is 2.35. The fourth-order valence-corrected chi connectivity index (χ4v) is 2.59. The summed E-state index contributed by atoms with van der Waals surface area (Å²) in [6, 6.07) is 6.85. The molecule has 0 saturated heterocycles. The molecule has 0 fully saturated rings. The maximum atomic E-state index is 6.32. The third-order valence-electron chi connectivity index (χ3n) is 2.99. The molecule has 0 aliphatic heterocycles. The topological polar surface area (TPSA) is 0 Å².